The molecule has 41 heavy (non-hydrogen) atoms. The summed E-state index contributed by atoms with van der Waals surface area (Å²) >= 11 is 0. The predicted molar refractivity (Wildman–Crippen MR) is 174 cm³/mol. The molecular weight excluding hydrogens is 529 g/mol. The van der Waals surface area contributed by atoms with Gasteiger partial charge in [-0.1, -0.05) is 79.6 Å². The van der Waals surface area contributed by atoms with Crippen molar-refractivity contribution >= 4 is 24.2 Å². The molecule has 0 spiro atoms. The van der Waals surface area contributed by atoms with Gasteiger partial charge >= 0.3 is 0 Å². The minimum atomic E-state index is -1.10. The fraction of sp³-hybridized carbons (Fsp3) is 0.333. The SMILES string of the molecule is CC1=CC(C)C(N)C(C)=C1.CC1=CC(C)CC(C)=C1Nc1ccc(F)cc1P(C1=CCCC(F)=C1)c1ccccc1. The van der Waals surface area contributed by atoms with Crippen LogP contribution in [-0.2, 0) is 0 Å². The third-order valence-electron chi connectivity index (χ3n) is 7.83. The Morgan fingerprint density at radius 3 is 2.32 bits per heavy atom. The molecule has 0 amide bonds. The number of benzene rings is 2. The van der Waals surface area contributed by atoms with Gasteiger partial charge in [-0.3, -0.25) is 0 Å². The van der Waals surface area contributed by atoms with E-state index >= 15 is 0 Å². The molecule has 0 saturated carbocycles. The van der Waals surface area contributed by atoms with E-state index in [1.165, 1.54) is 28.4 Å². The number of hydrogen-bond donors (Lipinski definition) is 2. The van der Waals surface area contributed by atoms with E-state index in [0.717, 1.165) is 33.7 Å². The molecule has 3 N–H and O–H groups in total. The zero-order valence-electron chi connectivity index (χ0n) is 25.1. The molecule has 0 aromatic heterocycles. The molecule has 2 aromatic rings. The zero-order chi connectivity index (χ0) is 29.7. The third kappa shape index (κ3) is 7.82. The van der Waals surface area contributed by atoms with Crippen molar-refractivity contribution in [2.45, 2.75) is 66.8 Å². The van der Waals surface area contributed by atoms with Crippen molar-refractivity contribution in [3.05, 3.63) is 124 Å². The lowest BCUT2D eigenvalue weighted by molar-refractivity contribution is 0.587. The molecular formula is C36H43F2N2P. The van der Waals surface area contributed by atoms with Gasteiger partial charge < -0.3 is 11.1 Å². The van der Waals surface area contributed by atoms with Gasteiger partial charge in [-0.2, -0.15) is 0 Å². The highest BCUT2D eigenvalue weighted by molar-refractivity contribution is 7.77. The van der Waals surface area contributed by atoms with Crippen LogP contribution in [0.3, 0.4) is 0 Å². The monoisotopic (exact) mass is 572 g/mol. The Bertz CT molecular complexity index is 1450. The van der Waals surface area contributed by atoms with E-state index in [4.69, 9.17) is 5.73 Å². The number of anilines is 1. The van der Waals surface area contributed by atoms with Crippen molar-refractivity contribution in [1.82, 2.24) is 0 Å². The highest BCUT2D eigenvalue weighted by atomic mass is 31.1. The Morgan fingerprint density at radius 2 is 1.66 bits per heavy atom. The molecule has 4 unspecified atom stereocenters. The number of hydrogen-bond acceptors (Lipinski definition) is 2. The molecule has 0 saturated heterocycles. The molecule has 0 heterocycles. The van der Waals surface area contributed by atoms with Crippen LogP contribution >= 0.6 is 7.92 Å². The molecule has 5 heteroatoms. The maximum Gasteiger partial charge on any atom is 0.124 e. The third-order valence-corrected chi connectivity index (χ3v) is 10.3. The highest BCUT2D eigenvalue weighted by Gasteiger charge is 2.25. The largest absolute Gasteiger partial charge is 0.355 e. The molecule has 2 aromatic carbocycles. The normalized spacial score (nSPS) is 23.2. The molecule has 0 bridgehead atoms. The Balaban J connectivity index is 0.000000328. The van der Waals surface area contributed by atoms with Crippen LogP contribution in [0.4, 0.5) is 14.5 Å². The molecule has 0 fully saturated rings. The van der Waals surface area contributed by atoms with E-state index < -0.39 is 7.92 Å². The van der Waals surface area contributed by atoms with Crippen LogP contribution in [-0.4, -0.2) is 6.04 Å². The predicted octanol–water partition coefficient (Wildman–Crippen LogP) is 9.32. The molecule has 3 aliphatic rings. The number of halogens is 2. The van der Waals surface area contributed by atoms with Crippen molar-refractivity contribution in [1.29, 1.82) is 0 Å². The summed E-state index contributed by atoms with van der Waals surface area (Å²) in [5, 5.41) is 6.52. The Morgan fingerprint density at radius 1 is 0.927 bits per heavy atom. The minimum Gasteiger partial charge on any atom is -0.355 e. The van der Waals surface area contributed by atoms with Gasteiger partial charge in [-0.15, -0.1) is 0 Å². The second-order valence-electron chi connectivity index (χ2n) is 11.6. The quantitative estimate of drug-likeness (QED) is 0.351. The van der Waals surface area contributed by atoms with Crippen LogP contribution in [0.15, 0.2) is 118 Å². The standard InChI is InChI=1S/C27H28F2NP.C9H15N/c1-18-14-19(2)27(20(3)15-18)30-25-13-12-22(29)17-26(25)31(23-9-5-4-6-10-23)24-11-7-8-21(28)16-24;1-6-4-7(2)9(10)8(3)5-6/h4-6,9-14,16-18,30H,7-8,15H2,1-3H3;4-5,7,9H,10H2,1-3H3. The first-order chi connectivity index (χ1) is 19.5. The first-order valence-corrected chi connectivity index (χ1v) is 15.9. The van der Waals surface area contributed by atoms with E-state index in [0.29, 0.717) is 24.7 Å². The summed E-state index contributed by atoms with van der Waals surface area (Å²) in [6.45, 7) is 12.9. The molecule has 0 aliphatic heterocycles. The fourth-order valence-electron chi connectivity index (χ4n) is 5.87. The summed E-state index contributed by atoms with van der Waals surface area (Å²) < 4.78 is 28.7. The number of nitrogens with two attached hydrogens (primary N) is 1. The Hall–Kier alpha value is -3.07. The number of rotatable bonds is 5. The molecule has 5 rings (SSSR count). The van der Waals surface area contributed by atoms with E-state index in [1.54, 1.807) is 12.1 Å². The summed E-state index contributed by atoms with van der Waals surface area (Å²) in [5.74, 6) is 0.635. The fourth-order valence-corrected chi connectivity index (χ4v) is 8.40. The summed E-state index contributed by atoms with van der Waals surface area (Å²) in [5.41, 5.74) is 13.0. The number of nitrogens with one attached hydrogen (secondary N) is 1. The summed E-state index contributed by atoms with van der Waals surface area (Å²) in [4.78, 5) is 0. The van der Waals surface area contributed by atoms with Crippen LogP contribution in [0, 0.1) is 17.7 Å². The highest BCUT2D eigenvalue weighted by Crippen LogP contribution is 2.48. The van der Waals surface area contributed by atoms with Gasteiger partial charge in [0, 0.05) is 29.2 Å². The minimum absolute atomic E-state index is 0.106. The second-order valence-corrected chi connectivity index (χ2v) is 13.8. The lowest BCUT2D eigenvalue weighted by Crippen LogP contribution is -2.30. The van der Waals surface area contributed by atoms with Crippen LogP contribution in [0.2, 0.25) is 0 Å². The van der Waals surface area contributed by atoms with E-state index in [-0.39, 0.29) is 17.7 Å². The molecule has 4 atom stereocenters. The van der Waals surface area contributed by atoms with Crippen LogP contribution in [0.25, 0.3) is 0 Å². The average Bonchev–Trinajstić information content (AvgIpc) is 2.91. The van der Waals surface area contributed by atoms with Crippen molar-refractivity contribution in [3.63, 3.8) is 0 Å². The average molecular weight is 573 g/mol. The lowest BCUT2D eigenvalue weighted by atomic mass is 9.89. The van der Waals surface area contributed by atoms with Crippen LogP contribution in [0.5, 0.6) is 0 Å². The van der Waals surface area contributed by atoms with Gasteiger partial charge in [0.25, 0.3) is 0 Å². The maximum atomic E-state index is 14.5. The zero-order valence-corrected chi connectivity index (χ0v) is 26.0. The molecule has 216 valence electrons. The maximum absolute atomic E-state index is 14.5. The van der Waals surface area contributed by atoms with E-state index in [9.17, 15) is 8.78 Å². The molecule has 2 nitrogen and oxygen atoms in total. The van der Waals surface area contributed by atoms with Gasteiger partial charge in [-0.25, -0.2) is 8.78 Å². The van der Waals surface area contributed by atoms with Crippen molar-refractivity contribution in [2.24, 2.45) is 17.6 Å². The van der Waals surface area contributed by atoms with Crippen molar-refractivity contribution < 1.29 is 8.78 Å². The van der Waals surface area contributed by atoms with Crippen molar-refractivity contribution in [3.8, 4) is 0 Å². The van der Waals surface area contributed by atoms with E-state index in [2.05, 4.69) is 83.3 Å². The Kier molecular flexibility index (Phi) is 10.3. The summed E-state index contributed by atoms with van der Waals surface area (Å²) in [6.07, 6.45) is 12.5. The van der Waals surface area contributed by atoms with Crippen molar-refractivity contribution in [2.75, 3.05) is 5.32 Å². The van der Waals surface area contributed by atoms with Gasteiger partial charge in [0.15, 0.2) is 0 Å². The molecule has 3 aliphatic carbocycles. The van der Waals surface area contributed by atoms with Gasteiger partial charge in [0.1, 0.15) is 11.6 Å². The van der Waals surface area contributed by atoms with Crippen LogP contribution in [0.1, 0.15) is 60.8 Å². The first-order valence-electron chi connectivity index (χ1n) is 14.5. The lowest BCUT2D eigenvalue weighted by Gasteiger charge is -2.28. The second kappa shape index (κ2) is 13.7. The first kappa shape index (κ1) is 30.9. The Labute approximate surface area is 246 Å². The van der Waals surface area contributed by atoms with Crippen LogP contribution < -0.4 is 21.7 Å². The summed E-state index contributed by atoms with van der Waals surface area (Å²) in [6, 6.07) is 15.2. The van der Waals surface area contributed by atoms with Gasteiger partial charge in [-0.05, 0) is 106 Å². The van der Waals surface area contributed by atoms with Gasteiger partial charge in [0.05, 0.1) is 0 Å². The number of allylic oxidation sites excluding steroid dienone is 9. The van der Waals surface area contributed by atoms with E-state index in [1.807, 2.05) is 24.3 Å². The topological polar surface area (TPSA) is 38.0 Å². The smallest absolute Gasteiger partial charge is 0.124 e. The van der Waals surface area contributed by atoms with Gasteiger partial charge in [0.2, 0.25) is 0 Å². The molecule has 0 radical (unpaired) electrons. The summed E-state index contributed by atoms with van der Waals surface area (Å²) in [7, 11) is -1.10.